The summed E-state index contributed by atoms with van der Waals surface area (Å²) in [6, 6.07) is 13.8. The van der Waals surface area contributed by atoms with E-state index in [0.29, 0.717) is 17.0 Å². The van der Waals surface area contributed by atoms with E-state index in [1.54, 1.807) is 36.4 Å². The summed E-state index contributed by atoms with van der Waals surface area (Å²) >= 11 is 0. The number of carbonyl (C=O) groups is 3. The molecule has 2 aromatic carbocycles. The third-order valence-corrected chi connectivity index (χ3v) is 3.72. The molecule has 2 rings (SSSR count). The van der Waals surface area contributed by atoms with Crippen molar-refractivity contribution in [3.8, 4) is 5.75 Å². The number of carbonyl (C=O) groups excluding carboxylic acids is 3. The van der Waals surface area contributed by atoms with Crippen LogP contribution >= 0.6 is 0 Å². The zero-order chi connectivity index (χ0) is 19.8. The van der Waals surface area contributed by atoms with Gasteiger partial charge in [0.1, 0.15) is 12.3 Å². The third-order valence-electron chi connectivity index (χ3n) is 3.72. The Hall–Kier alpha value is -3.35. The molecule has 2 amide bonds. The van der Waals surface area contributed by atoms with E-state index >= 15 is 0 Å². The largest absolute Gasteiger partial charge is 0.497 e. The first-order valence-electron chi connectivity index (χ1n) is 8.38. The minimum Gasteiger partial charge on any atom is -0.497 e. The molecule has 0 aromatic heterocycles. The number of aryl methyl sites for hydroxylation is 1. The van der Waals surface area contributed by atoms with Crippen molar-refractivity contribution in [3.63, 3.8) is 0 Å². The first-order valence-corrected chi connectivity index (χ1v) is 8.38. The molecule has 2 N–H and O–H groups in total. The first-order chi connectivity index (χ1) is 12.9. The Morgan fingerprint density at radius 2 is 1.78 bits per heavy atom. The predicted molar refractivity (Wildman–Crippen MR) is 101 cm³/mol. The van der Waals surface area contributed by atoms with Crippen LogP contribution in [0.25, 0.3) is 0 Å². The van der Waals surface area contributed by atoms with Crippen LogP contribution in [0.4, 0.5) is 5.69 Å². The molecule has 0 radical (unpaired) electrons. The van der Waals surface area contributed by atoms with Gasteiger partial charge in [-0.05, 0) is 44.2 Å². The molecule has 1 atom stereocenters. The quantitative estimate of drug-likeness (QED) is 0.730. The number of rotatable bonds is 7. The van der Waals surface area contributed by atoms with Crippen molar-refractivity contribution in [1.82, 2.24) is 5.32 Å². The average Bonchev–Trinajstić information content (AvgIpc) is 2.67. The van der Waals surface area contributed by atoms with Gasteiger partial charge in [-0.3, -0.25) is 14.4 Å². The van der Waals surface area contributed by atoms with E-state index in [2.05, 4.69) is 10.6 Å². The molecule has 0 saturated heterocycles. The van der Waals surface area contributed by atoms with Gasteiger partial charge in [0.2, 0.25) is 0 Å². The van der Waals surface area contributed by atoms with Crippen LogP contribution in [0.5, 0.6) is 5.75 Å². The van der Waals surface area contributed by atoms with Gasteiger partial charge in [-0.2, -0.15) is 0 Å². The molecular formula is C20H22N2O5. The highest BCUT2D eigenvalue weighted by Gasteiger charge is 2.18. The highest BCUT2D eigenvalue weighted by molar-refractivity contribution is 5.97. The van der Waals surface area contributed by atoms with Gasteiger partial charge < -0.3 is 20.1 Å². The fraction of sp³-hybridized carbons (Fsp3) is 0.250. The molecule has 0 spiro atoms. The van der Waals surface area contributed by atoms with E-state index < -0.39 is 23.9 Å². The van der Waals surface area contributed by atoms with Crippen molar-refractivity contribution in [2.75, 3.05) is 19.0 Å². The number of hydrogen-bond acceptors (Lipinski definition) is 5. The van der Waals surface area contributed by atoms with E-state index in [-0.39, 0.29) is 6.54 Å². The summed E-state index contributed by atoms with van der Waals surface area (Å²) < 4.78 is 10.1. The lowest BCUT2D eigenvalue weighted by Gasteiger charge is -2.14. The van der Waals surface area contributed by atoms with Crippen LogP contribution in [0.3, 0.4) is 0 Å². The summed E-state index contributed by atoms with van der Waals surface area (Å²) in [4.78, 5) is 36.0. The maximum Gasteiger partial charge on any atom is 0.326 e. The fourth-order valence-electron chi connectivity index (χ4n) is 2.19. The van der Waals surface area contributed by atoms with Gasteiger partial charge in [0.25, 0.3) is 11.8 Å². The highest BCUT2D eigenvalue weighted by atomic mass is 16.5. The van der Waals surface area contributed by atoms with E-state index in [9.17, 15) is 14.4 Å². The maximum absolute atomic E-state index is 12.1. The molecule has 0 aliphatic heterocycles. The Balaban J connectivity index is 1.80. The zero-order valence-corrected chi connectivity index (χ0v) is 15.4. The third kappa shape index (κ3) is 6.14. The van der Waals surface area contributed by atoms with Crippen LogP contribution in [0.15, 0.2) is 48.5 Å². The molecule has 0 aliphatic carbocycles. The predicted octanol–water partition coefficient (Wildman–Crippen LogP) is 2.30. The summed E-state index contributed by atoms with van der Waals surface area (Å²) in [5.74, 6) is -1.07. The number of ether oxygens (including phenoxy) is 2. The maximum atomic E-state index is 12.1. The topological polar surface area (TPSA) is 93.7 Å². The van der Waals surface area contributed by atoms with Crippen LogP contribution in [0.2, 0.25) is 0 Å². The molecule has 0 saturated carbocycles. The van der Waals surface area contributed by atoms with Crippen molar-refractivity contribution in [2.45, 2.75) is 20.0 Å². The second kappa shape index (κ2) is 9.38. The van der Waals surface area contributed by atoms with E-state index in [1.807, 2.05) is 19.1 Å². The number of nitrogens with one attached hydrogen (secondary N) is 2. The molecule has 0 bridgehead atoms. The molecule has 7 nitrogen and oxygen atoms in total. The molecule has 2 aromatic rings. The second-order valence-corrected chi connectivity index (χ2v) is 5.90. The van der Waals surface area contributed by atoms with Gasteiger partial charge in [-0.1, -0.05) is 23.8 Å². The lowest BCUT2D eigenvalue weighted by Crippen LogP contribution is -2.35. The first kappa shape index (κ1) is 20.0. The Kier molecular flexibility index (Phi) is 6.93. The summed E-state index contributed by atoms with van der Waals surface area (Å²) in [7, 11) is 1.50. The van der Waals surface area contributed by atoms with Gasteiger partial charge in [-0.25, -0.2) is 0 Å². The minimum absolute atomic E-state index is 0.349. The Bertz CT molecular complexity index is 817. The Morgan fingerprint density at radius 1 is 1.07 bits per heavy atom. The van der Waals surface area contributed by atoms with Crippen molar-refractivity contribution >= 4 is 23.5 Å². The zero-order valence-electron chi connectivity index (χ0n) is 15.4. The lowest BCUT2D eigenvalue weighted by molar-refractivity contribution is -0.152. The van der Waals surface area contributed by atoms with Crippen LogP contribution in [0, 0.1) is 6.92 Å². The van der Waals surface area contributed by atoms with Gasteiger partial charge >= 0.3 is 5.97 Å². The van der Waals surface area contributed by atoms with E-state index in [0.717, 1.165) is 5.56 Å². The number of amides is 2. The summed E-state index contributed by atoms with van der Waals surface area (Å²) in [5, 5.41) is 5.11. The monoisotopic (exact) mass is 370 g/mol. The number of hydrogen-bond donors (Lipinski definition) is 2. The van der Waals surface area contributed by atoms with Crippen LogP contribution in [-0.2, 0) is 14.3 Å². The average molecular weight is 370 g/mol. The number of anilines is 1. The van der Waals surface area contributed by atoms with Gasteiger partial charge in [0.05, 0.1) is 7.11 Å². The van der Waals surface area contributed by atoms with Crippen LogP contribution in [0.1, 0.15) is 22.8 Å². The Morgan fingerprint density at radius 3 is 2.44 bits per heavy atom. The van der Waals surface area contributed by atoms with Gasteiger partial charge in [-0.15, -0.1) is 0 Å². The van der Waals surface area contributed by atoms with Gasteiger partial charge in [0.15, 0.2) is 6.10 Å². The molecule has 0 heterocycles. The molecule has 142 valence electrons. The summed E-state index contributed by atoms with van der Waals surface area (Å²) in [6.07, 6.45) is -0.993. The van der Waals surface area contributed by atoms with E-state index in [4.69, 9.17) is 9.47 Å². The molecule has 0 aliphatic rings. The van der Waals surface area contributed by atoms with Crippen molar-refractivity contribution in [1.29, 1.82) is 0 Å². The van der Waals surface area contributed by atoms with Gasteiger partial charge in [0, 0.05) is 11.3 Å². The SMILES string of the molecule is COc1cccc(C(=O)NCC(=O)O[C@@H](C)C(=O)Nc2ccc(C)cc2)c1. The molecule has 0 unspecified atom stereocenters. The molecule has 0 fully saturated rings. The van der Waals surface area contributed by atoms with Crippen molar-refractivity contribution in [3.05, 3.63) is 59.7 Å². The molecule has 7 heteroatoms. The standard InChI is InChI=1S/C20H22N2O5/c1-13-7-9-16(10-8-13)22-19(24)14(2)27-18(23)12-21-20(25)15-5-4-6-17(11-15)26-3/h4-11,14H,12H2,1-3H3,(H,21,25)(H,22,24)/t14-/m0/s1. The molecular weight excluding hydrogens is 348 g/mol. The summed E-state index contributed by atoms with van der Waals surface area (Å²) in [5.41, 5.74) is 2.03. The van der Waals surface area contributed by atoms with Crippen molar-refractivity contribution in [2.24, 2.45) is 0 Å². The molecule has 27 heavy (non-hydrogen) atoms. The fourth-order valence-corrected chi connectivity index (χ4v) is 2.19. The normalized spacial score (nSPS) is 11.2. The highest BCUT2D eigenvalue weighted by Crippen LogP contribution is 2.12. The second-order valence-electron chi connectivity index (χ2n) is 5.90. The summed E-state index contributed by atoms with van der Waals surface area (Å²) in [6.45, 7) is 3.05. The lowest BCUT2D eigenvalue weighted by atomic mass is 10.2. The van der Waals surface area contributed by atoms with Crippen LogP contribution in [-0.4, -0.2) is 37.5 Å². The number of benzene rings is 2. The minimum atomic E-state index is -0.993. The number of methoxy groups -OCH3 is 1. The smallest absolute Gasteiger partial charge is 0.326 e. The van der Waals surface area contributed by atoms with E-state index in [1.165, 1.54) is 14.0 Å². The van der Waals surface area contributed by atoms with Crippen molar-refractivity contribution < 1.29 is 23.9 Å². The number of esters is 1. The van der Waals surface area contributed by atoms with Crippen LogP contribution < -0.4 is 15.4 Å². The Labute approximate surface area is 157 Å².